The Kier molecular flexibility index (Phi) is 4.27. The molecule has 2 aromatic heterocycles. The number of carbonyl (C=O) groups is 2. The summed E-state index contributed by atoms with van der Waals surface area (Å²) in [5, 5.41) is 9.40. The lowest BCUT2D eigenvalue weighted by Gasteiger charge is -2.15. The minimum atomic E-state index is -0.707. The highest BCUT2D eigenvalue weighted by atomic mass is 16.6. The van der Waals surface area contributed by atoms with Crippen molar-refractivity contribution in [2.75, 3.05) is 12.3 Å². The highest BCUT2D eigenvalue weighted by Gasteiger charge is 2.39. The number of hydrogen-bond acceptors (Lipinski definition) is 9. The monoisotopic (exact) mass is 351 g/mol. The van der Waals surface area contributed by atoms with E-state index in [4.69, 9.17) is 15.2 Å². The lowest BCUT2D eigenvalue weighted by molar-refractivity contribution is -0.150. The second-order valence-electron chi connectivity index (χ2n) is 5.65. The zero-order valence-corrected chi connectivity index (χ0v) is 13.6. The fourth-order valence-corrected chi connectivity index (χ4v) is 2.87. The van der Waals surface area contributed by atoms with Crippen LogP contribution in [0.5, 0.6) is 0 Å². The Labute approximate surface area is 141 Å². The van der Waals surface area contributed by atoms with Crippen molar-refractivity contribution in [1.82, 2.24) is 19.1 Å². The fraction of sp³-hybridized carbons (Fsp3) is 0.500. The van der Waals surface area contributed by atoms with Crippen molar-refractivity contribution in [1.29, 1.82) is 0 Å². The zero-order valence-electron chi connectivity index (χ0n) is 13.6. The molecule has 1 aliphatic heterocycles. The first-order chi connectivity index (χ1) is 11.8. The van der Waals surface area contributed by atoms with Crippen molar-refractivity contribution < 1.29 is 24.2 Å². The van der Waals surface area contributed by atoms with Gasteiger partial charge in [-0.05, 0) is 0 Å². The quantitative estimate of drug-likeness (QED) is 0.666. The first-order valence-corrected chi connectivity index (χ1v) is 7.53. The molecule has 2 aromatic rings. The number of aromatic nitrogens is 4. The van der Waals surface area contributed by atoms with Crippen LogP contribution in [-0.2, 0) is 14.3 Å². The van der Waals surface area contributed by atoms with Crippen LogP contribution in [0.1, 0.15) is 31.3 Å². The molecule has 0 bridgehead atoms. The summed E-state index contributed by atoms with van der Waals surface area (Å²) in [5.74, 6) is -1.33. The number of esters is 1. The molecule has 1 fully saturated rings. The summed E-state index contributed by atoms with van der Waals surface area (Å²) < 4.78 is 13.0. The van der Waals surface area contributed by atoms with E-state index in [1.165, 1.54) is 24.7 Å². The van der Waals surface area contributed by atoms with Crippen LogP contribution < -0.4 is 11.3 Å². The van der Waals surface area contributed by atoms with Crippen LogP contribution in [0.3, 0.4) is 0 Å². The molecule has 3 atom stereocenters. The average Bonchev–Trinajstić information content (AvgIpc) is 3.09. The normalized spacial score (nSPS) is 23.1. The maximum atomic E-state index is 12.3. The molecule has 0 saturated carbocycles. The molecule has 1 aliphatic rings. The van der Waals surface area contributed by atoms with Crippen molar-refractivity contribution in [3.05, 3.63) is 16.7 Å². The predicted octanol–water partition coefficient (Wildman–Crippen LogP) is -0.953. The molecule has 0 spiro atoms. The standard InChI is InChI=1S/C14H17N5O6/c1-6(21)19-13(23)11-12(17-14(19)15)18(5-16-11)10-3-8(24-7(2)22)9(4-20)25-10/h5,8-10,20H,3-4H2,1-2H3,(H2,15,17)/t8-,9-,10+/m0/s1. The SMILES string of the molecule is CC(=O)O[C@H]1C[C@H](n2cnc3c(=O)n(C(C)=O)c(N)nc32)O[C@H]1CO. The van der Waals surface area contributed by atoms with Crippen molar-refractivity contribution >= 4 is 29.0 Å². The van der Waals surface area contributed by atoms with Gasteiger partial charge >= 0.3 is 5.97 Å². The zero-order chi connectivity index (χ0) is 18.3. The Hall–Kier alpha value is -2.79. The number of nitrogens with two attached hydrogens (primary N) is 1. The number of fused-ring (bicyclic) bond motifs is 1. The van der Waals surface area contributed by atoms with E-state index >= 15 is 0 Å². The number of aliphatic hydroxyl groups is 1. The summed E-state index contributed by atoms with van der Waals surface area (Å²) in [7, 11) is 0. The Balaban J connectivity index is 2.02. The van der Waals surface area contributed by atoms with Gasteiger partial charge < -0.3 is 20.3 Å². The summed E-state index contributed by atoms with van der Waals surface area (Å²) in [6.07, 6.45) is -0.432. The third kappa shape index (κ3) is 2.87. The number of nitrogens with zero attached hydrogens (tertiary/aromatic N) is 4. The third-order valence-corrected chi connectivity index (χ3v) is 3.93. The van der Waals surface area contributed by atoms with Crippen LogP contribution in [0.4, 0.5) is 5.95 Å². The lowest BCUT2D eigenvalue weighted by atomic mass is 10.2. The minimum absolute atomic E-state index is 0.0375. The molecule has 3 heterocycles. The molecule has 25 heavy (non-hydrogen) atoms. The number of anilines is 1. The van der Waals surface area contributed by atoms with E-state index in [9.17, 15) is 19.5 Å². The maximum Gasteiger partial charge on any atom is 0.302 e. The first-order valence-electron chi connectivity index (χ1n) is 7.53. The summed E-state index contributed by atoms with van der Waals surface area (Å²) in [4.78, 5) is 43.1. The Morgan fingerprint density at radius 3 is 2.80 bits per heavy atom. The molecular formula is C14H17N5O6. The van der Waals surface area contributed by atoms with Gasteiger partial charge in [0.05, 0.1) is 12.9 Å². The molecule has 0 aliphatic carbocycles. The first kappa shape index (κ1) is 17.0. The molecule has 3 N–H and O–H groups in total. The molecular weight excluding hydrogens is 334 g/mol. The van der Waals surface area contributed by atoms with Gasteiger partial charge in [-0.25, -0.2) is 9.55 Å². The number of ether oxygens (including phenoxy) is 2. The van der Waals surface area contributed by atoms with Gasteiger partial charge in [-0.3, -0.25) is 19.0 Å². The van der Waals surface area contributed by atoms with Crippen LogP contribution in [0.25, 0.3) is 11.2 Å². The molecule has 11 nitrogen and oxygen atoms in total. The van der Waals surface area contributed by atoms with E-state index in [0.29, 0.717) is 0 Å². The van der Waals surface area contributed by atoms with Gasteiger partial charge in [-0.1, -0.05) is 0 Å². The van der Waals surface area contributed by atoms with Gasteiger partial charge in [0.1, 0.15) is 18.4 Å². The second-order valence-corrected chi connectivity index (χ2v) is 5.65. The molecule has 0 amide bonds. The average molecular weight is 351 g/mol. The Morgan fingerprint density at radius 2 is 2.20 bits per heavy atom. The Bertz CT molecular complexity index is 903. The van der Waals surface area contributed by atoms with E-state index in [1.54, 1.807) is 0 Å². The number of imidazole rings is 1. The van der Waals surface area contributed by atoms with Crippen molar-refractivity contribution in [3.8, 4) is 0 Å². The minimum Gasteiger partial charge on any atom is -0.460 e. The highest BCUT2D eigenvalue weighted by Crippen LogP contribution is 2.32. The van der Waals surface area contributed by atoms with Gasteiger partial charge in [0.2, 0.25) is 11.9 Å². The molecule has 0 radical (unpaired) electrons. The van der Waals surface area contributed by atoms with Crippen LogP contribution in [0, 0.1) is 0 Å². The second kappa shape index (κ2) is 6.26. The van der Waals surface area contributed by atoms with Crippen molar-refractivity contribution in [2.45, 2.75) is 38.7 Å². The van der Waals surface area contributed by atoms with E-state index < -0.39 is 35.9 Å². The van der Waals surface area contributed by atoms with Crippen LogP contribution in [0.15, 0.2) is 11.1 Å². The summed E-state index contributed by atoms with van der Waals surface area (Å²) in [6, 6.07) is 0. The molecule has 3 rings (SSSR count). The largest absolute Gasteiger partial charge is 0.460 e. The number of nitrogen functional groups attached to an aromatic ring is 1. The summed E-state index contributed by atoms with van der Waals surface area (Å²) >= 11 is 0. The number of carbonyl (C=O) groups excluding carboxylic acids is 2. The molecule has 1 saturated heterocycles. The fourth-order valence-electron chi connectivity index (χ4n) is 2.87. The third-order valence-electron chi connectivity index (χ3n) is 3.93. The van der Waals surface area contributed by atoms with E-state index in [1.807, 2.05) is 0 Å². The molecule has 0 unspecified atom stereocenters. The lowest BCUT2D eigenvalue weighted by Crippen LogP contribution is -2.29. The number of aliphatic hydroxyl groups excluding tert-OH is 1. The Morgan fingerprint density at radius 1 is 1.48 bits per heavy atom. The van der Waals surface area contributed by atoms with E-state index in [2.05, 4.69) is 9.97 Å². The highest BCUT2D eigenvalue weighted by molar-refractivity contribution is 5.82. The maximum absolute atomic E-state index is 12.3. The van der Waals surface area contributed by atoms with Gasteiger partial charge in [0, 0.05) is 20.3 Å². The number of rotatable bonds is 3. The van der Waals surface area contributed by atoms with Crippen LogP contribution in [-0.4, -0.2) is 54.9 Å². The van der Waals surface area contributed by atoms with Crippen molar-refractivity contribution in [3.63, 3.8) is 0 Å². The van der Waals surface area contributed by atoms with Gasteiger partial charge in [0.15, 0.2) is 11.2 Å². The summed E-state index contributed by atoms with van der Waals surface area (Å²) in [5.41, 5.74) is 5.13. The summed E-state index contributed by atoms with van der Waals surface area (Å²) in [6.45, 7) is 2.12. The molecule has 134 valence electrons. The van der Waals surface area contributed by atoms with Crippen molar-refractivity contribution in [2.24, 2.45) is 0 Å². The smallest absolute Gasteiger partial charge is 0.302 e. The molecule has 0 aromatic carbocycles. The van der Waals surface area contributed by atoms with Crippen LogP contribution >= 0.6 is 0 Å². The van der Waals surface area contributed by atoms with E-state index in [-0.39, 0.29) is 30.1 Å². The predicted molar refractivity (Wildman–Crippen MR) is 83.7 cm³/mol. The van der Waals surface area contributed by atoms with Gasteiger partial charge in [0.25, 0.3) is 5.56 Å². The number of hydrogen-bond donors (Lipinski definition) is 2. The topological polar surface area (TPSA) is 152 Å². The van der Waals surface area contributed by atoms with E-state index in [0.717, 1.165) is 4.57 Å². The molecule has 11 heteroatoms. The van der Waals surface area contributed by atoms with Gasteiger partial charge in [-0.15, -0.1) is 0 Å². The van der Waals surface area contributed by atoms with Gasteiger partial charge in [-0.2, -0.15) is 4.98 Å². The van der Waals surface area contributed by atoms with Crippen LogP contribution in [0.2, 0.25) is 0 Å².